The van der Waals surface area contributed by atoms with Gasteiger partial charge in [0.05, 0.1) is 6.04 Å². The highest BCUT2D eigenvalue weighted by Gasteiger charge is 2.15. The number of nitrogens with one attached hydrogen (secondary N) is 1. The van der Waals surface area contributed by atoms with E-state index in [2.05, 4.69) is 11.4 Å². The molecule has 1 atom stereocenters. The zero-order valence-corrected chi connectivity index (χ0v) is 12.5. The molecule has 0 aromatic heterocycles. The summed E-state index contributed by atoms with van der Waals surface area (Å²) in [6, 6.07) is 11.9. The molecule has 0 saturated carbocycles. The second kappa shape index (κ2) is 6.68. The van der Waals surface area contributed by atoms with Gasteiger partial charge in [-0.15, -0.1) is 0 Å². The van der Waals surface area contributed by atoms with Crippen molar-refractivity contribution >= 4 is 5.69 Å². The van der Waals surface area contributed by atoms with Crippen LogP contribution in [0.1, 0.15) is 24.1 Å². The van der Waals surface area contributed by atoms with E-state index >= 15 is 0 Å². The third-order valence-electron chi connectivity index (χ3n) is 3.41. The van der Waals surface area contributed by atoms with E-state index in [0.29, 0.717) is 5.56 Å². The standard InChI is InChI=1S/C17H20F2N2/c1-4-20-17(13-8-9-15(18)16(19)11-13)12-6-5-7-14(10-12)21(2)3/h5-11,17,20H,4H2,1-3H3. The summed E-state index contributed by atoms with van der Waals surface area (Å²) in [6.45, 7) is 2.72. The van der Waals surface area contributed by atoms with E-state index in [4.69, 9.17) is 0 Å². The molecule has 0 amide bonds. The lowest BCUT2D eigenvalue weighted by atomic mass is 9.98. The minimum atomic E-state index is -0.823. The van der Waals surface area contributed by atoms with Crippen LogP contribution in [0.5, 0.6) is 0 Å². The lowest BCUT2D eigenvalue weighted by Gasteiger charge is -2.21. The second-order valence-electron chi connectivity index (χ2n) is 5.15. The highest BCUT2D eigenvalue weighted by atomic mass is 19.2. The number of benzene rings is 2. The lowest BCUT2D eigenvalue weighted by molar-refractivity contribution is 0.504. The number of rotatable bonds is 5. The van der Waals surface area contributed by atoms with Crippen molar-refractivity contribution in [1.29, 1.82) is 0 Å². The van der Waals surface area contributed by atoms with Gasteiger partial charge in [0.2, 0.25) is 0 Å². The van der Waals surface area contributed by atoms with E-state index in [-0.39, 0.29) is 6.04 Å². The van der Waals surface area contributed by atoms with Crippen molar-refractivity contribution in [2.24, 2.45) is 0 Å². The fraction of sp³-hybridized carbons (Fsp3) is 0.294. The third kappa shape index (κ3) is 3.58. The normalized spacial score (nSPS) is 12.2. The number of anilines is 1. The first-order valence-electron chi connectivity index (χ1n) is 6.98. The molecule has 2 aromatic rings. The highest BCUT2D eigenvalue weighted by molar-refractivity contribution is 5.49. The Labute approximate surface area is 124 Å². The molecule has 0 aliphatic heterocycles. The van der Waals surface area contributed by atoms with Gasteiger partial charge in [0.1, 0.15) is 0 Å². The van der Waals surface area contributed by atoms with Crippen molar-refractivity contribution < 1.29 is 8.78 Å². The highest BCUT2D eigenvalue weighted by Crippen LogP contribution is 2.26. The molecule has 1 unspecified atom stereocenters. The van der Waals surface area contributed by atoms with E-state index in [0.717, 1.165) is 17.8 Å². The summed E-state index contributed by atoms with van der Waals surface area (Å²) in [5.74, 6) is -1.64. The fourth-order valence-corrected chi connectivity index (χ4v) is 2.31. The first-order chi connectivity index (χ1) is 10.0. The molecule has 2 aromatic carbocycles. The molecule has 0 heterocycles. The SMILES string of the molecule is CCNC(c1cccc(N(C)C)c1)c1ccc(F)c(F)c1. The van der Waals surface area contributed by atoms with Crippen molar-refractivity contribution in [2.45, 2.75) is 13.0 Å². The minimum absolute atomic E-state index is 0.162. The molecule has 4 heteroatoms. The van der Waals surface area contributed by atoms with Crippen LogP contribution in [-0.4, -0.2) is 20.6 Å². The van der Waals surface area contributed by atoms with Crippen LogP contribution in [0, 0.1) is 11.6 Å². The summed E-state index contributed by atoms with van der Waals surface area (Å²) in [7, 11) is 3.94. The van der Waals surface area contributed by atoms with Crippen LogP contribution in [0.3, 0.4) is 0 Å². The molecular weight excluding hydrogens is 270 g/mol. The first kappa shape index (κ1) is 15.4. The third-order valence-corrected chi connectivity index (χ3v) is 3.41. The molecule has 0 radical (unpaired) electrons. The van der Waals surface area contributed by atoms with Crippen LogP contribution in [0.15, 0.2) is 42.5 Å². The molecule has 112 valence electrons. The Morgan fingerprint density at radius 1 is 1.00 bits per heavy atom. The Bertz CT molecular complexity index is 611. The Kier molecular flexibility index (Phi) is 4.91. The van der Waals surface area contributed by atoms with Gasteiger partial charge in [-0.1, -0.05) is 25.1 Å². The van der Waals surface area contributed by atoms with Gasteiger partial charge in [0, 0.05) is 19.8 Å². The molecule has 1 N–H and O–H groups in total. The Hall–Kier alpha value is -1.94. The Morgan fingerprint density at radius 3 is 2.33 bits per heavy atom. The molecule has 0 spiro atoms. The maximum atomic E-state index is 13.5. The number of hydrogen-bond acceptors (Lipinski definition) is 2. The van der Waals surface area contributed by atoms with Crippen LogP contribution in [0.25, 0.3) is 0 Å². The maximum Gasteiger partial charge on any atom is 0.159 e. The monoisotopic (exact) mass is 290 g/mol. The van der Waals surface area contributed by atoms with Crippen molar-refractivity contribution in [3.8, 4) is 0 Å². The largest absolute Gasteiger partial charge is 0.378 e. The van der Waals surface area contributed by atoms with E-state index in [9.17, 15) is 8.78 Å². The molecule has 2 rings (SSSR count). The van der Waals surface area contributed by atoms with Gasteiger partial charge in [-0.05, 0) is 41.9 Å². The zero-order chi connectivity index (χ0) is 15.4. The van der Waals surface area contributed by atoms with Crippen molar-refractivity contribution in [1.82, 2.24) is 5.32 Å². The van der Waals surface area contributed by atoms with Crippen LogP contribution in [-0.2, 0) is 0 Å². The molecular formula is C17H20F2N2. The predicted octanol–water partition coefficient (Wildman–Crippen LogP) is 3.73. The first-order valence-corrected chi connectivity index (χ1v) is 6.98. The molecule has 0 fully saturated rings. The minimum Gasteiger partial charge on any atom is -0.378 e. The topological polar surface area (TPSA) is 15.3 Å². The average molecular weight is 290 g/mol. The number of nitrogens with zero attached hydrogens (tertiary/aromatic N) is 1. The summed E-state index contributed by atoms with van der Waals surface area (Å²) in [5.41, 5.74) is 2.80. The van der Waals surface area contributed by atoms with Gasteiger partial charge in [-0.2, -0.15) is 0 Å². The lowest BCUT2D eigenvalue weighted by Crippen LogP contribution is -2.22. The molecule has 0 bridgehead atoms. The average Bonchev–Trinajstić information content (AvgIpc) is 2.48. The summed E-state index contributed by atoms with van der Waals surface area (Å²) >= 11 is 0. The smallest absolute Gasteiger partial charge is 0.159 e. The summed E-state index contributed by atoms with van der Waals surface area (Å²) in [6.07, 6.45) is 0. The number of halogens is 2. The second-order valence-corrected chi connectivity index (χ2v) is 5.15. The van der Waals surface area contributed by atoms with Gasteiger partial charge in [0.15, 0.2) is 11.6 Å². The molecule has 2 nitrogen and oxygen atoms in total. The zero-order valence-electron chi connectivity index (χ0n) is 12.5. The molecule has 0 aliphatic rings. The quantitative estimate of drug-likeness (QED) is 0.902. The van der Waals surface area contributed by atoms with E-state index in [1.165, 1.54) is 12.1 Å². The Morgan fingerprint density at radius 2 is 1.71 bits per heavy atom. The van der Waals surface area contributed by atoms with Gasteiger partial charge in [-0.25, -0.2) is 8.78 Å². The van der Waals surface area contributed by atoms with Crippen LogP contribution in [0.4, 0.5) is 14.5 Å². The Balaban J connectivity index is 2.42. The fourth-order valence-electron chi connectivity index (χ4n) is 2.31. The van der Waals surface area contributed by atoms with Crippen molar-refractivity contribution in [3.05, 3.63) is 65.2 Å². The van der Waals surface area contributed by atoms with Crippen LogP contribution in [0.2, 0.25) is 0 Å². The van der Waals surface area contributed by atoms with E-state index < -0.39 is 11.6 Å². The predicted molar refractivity (Wildman–Crippen MR) is 82.6 cm³/mol. The van der Waals surface area contributed by atoms with E-state index in [1.807, 2.05) is 44.1 Å². The van der Waals surface area contributed by atoms with E-state index in [1.54, 1.807) is 6.07 Å². The van der Waals surface area contributed by atoms with Gasteiger partial charge in [0.25, 0.3) is 0 Å². The van der Waals surface area contributed by atoms with Crippen molar-refractivity contribution in [3.63, 3.8) is 0 Å². The van der Waals surface area contributed by atoms with Crippen LogP contribution >= 0.6 is 0 Å². The van der Waals surface area contributed by atoms with Gasteiger partial charge < -0.3 is 10.2 Å². The maximum absolute atomic E-state index is 13.5. The van der Waals surface area contributed by atoms with Gasteiger partial charge >= 0.3 is 0 Å². The number of hydrogen-bond donors (Lipinski definition) is 1. The summed E-state index contributed by atoms with van der Waals surface area (Å²) < 4.78 is 26.6. The summed E-state index contributed by atoms with van der Waals surface area (Å²) in [4.78, 5) is 2.01. The van der Waals surface area contributed by atoms with Crippen LogP contribution < -0.4 is 10.2 Å². The molecule has 21 heavy (non-hydrogen) atoms. The molecule has 0 aliphatic carbocycles. The van der Waals surface area contributed by atoms with Gasteiger partial charge in [-0.3, -0.25) is 0 Å². The van der Waals surface area contributed by atoms with Crippen molar-refractivity contribution in [2.75, 3.05) is 25.5 Å². The summed E-state index contributed by atoms with van der Waals surface area (Å²) in [5, 5.41) is 3.32. The molecule has 0 saturated heterocycles.